The first-order valence-electron chi connectivity index (χ1n) is 8.52. The Balaban J connectivity index is 1.94. The summed E-state index contributed by atoms with van der Waals surface area (Å²) in [5, 5.41) is 14.6. The molecule has 0 bridgehead atoms. The van der Waals surface area contributed by atoms with E-state index in [4.69, 9.17) is 8.94 Å². The van der Waals surface area contributed by atoms with Gasteiger partial charge in [0.05, 0.1) is 16.1 Å². The number of nitro groups is 1. The fourth-order valence-corrected chi connectivity index (χ4v) is 4.37. The van der Waals surface area contributed by atoms with Crippen molar-refractivity contribution in [2.24, 2.45) is 0 Å². The van der Waals surface area contributed by atoms with Crippen molar-refractivity contribution in [3.8, 4) is 11.3 Å². The smallest absolute Gasteiger partial charge is 0.269 e. The van der Waals surface area contributed by atoms with Gasteiger partial charge in [0.15, 0.2) is 22.1 Å². The molecule has 2 aromatic heterocycles. The van der Waals surface area contributed by atoms with Gasteiger partial charge in [0, 0.05) is 17.7 Å². The predicted molar refractivity (Wildman–Crippen MR) is 103 cm³/mol. The number of ketones is 1. The minimum absolute atomic E-state index is 0.0649. The topological polar surface area (TPSA) is 134 Å². The molecule has 30 heavy (non-hydrogen) atoms. The lowest BCUT2D eigenvalue weighted by Gasteiger charge is -2.06. The van der Waals surface area contributed by atoms with Gasteiger partial charge in [-0.1, -0.05) is 23.4 Å². The highest BCUT2D eigenvalue weighted by atomic mass is 32.2. The van der Waals surface area contributed by atoms with Crippen LogP contribution in [0.25, 0.3) is 11.3 Å². The Morgan fingerprint density at radius 1 is 0.967 bits per heavy atom. The molecule has 0 N–H and O–H groups in total. The van der Waals surface area contributed by atoms with Crippen LogP contribution in [0, 0.1) is 10.1 Å². The Labute approximate surface area is 169 Å². The van der Waals surface area contributed by atoms with E-state index in [0.717, 1.165) is 0 Å². The molecule has 4 rings (SSSR count). The molecule has 0 aliphatic rings. The molecular weight excluding hydrogens is 412 g/mol. The van der Waals surface area contributed by atoms with Crippen LogP contribution < -0.4 is 0 Å². The van der Waals surface area contributed by atoms with Crippen molar-refractivity contribution in [1.82, 2.24) is 5.16 Å². The van der Waals surface area contributed by atoms with Crippen LogP contribution in [0.1, 0.15) is 16.2 Å². The Bertz CT molecular complexity index is 1320. The van der Waals surface area contributed by atoms with Crippen LogP contribution >= 0.6 is 0 Å². The van der Waals surface area contributed by atoms with Crippen LogP contribution in [-0.4, -0.2) is 24.3 Å². The Morgan fingerprint density at radius 2 is 1.67 bits per heavy atom. The number of hydrogen-bond acceptors (Lipinski definition) is 8. The number of nitro benzene ring substituents is 1. The zero-order chi connectivity index (χ0) is 21.3. The van der Waals surface area contributed by atoms with E-state index in [-0.39, 0.29) is 27.7 Å². The van der Waals surface area contributed by atoms with E-state index in [1.807, 2.05) is 0 Å². The second-order valence-corrected chi connectivity index (χ2v) is 8.00. The Morgan fingerprint density at radius 3 is 2.27 bits per heavy atom. The molecule has 0 unspecified atom stereocenters. The van der Waals surface area contributed by atoms with E-state index >= 15 is 0 Å². The second kappa shape index (κ2) is 7.41. The Kier molecular flexibility index (Phi) is 4.76. The van der Waals surface area contributed by atoms with Gasteiger partial charge in [-0.05, 0) is 36.4 Å². The normalized spacial score (nSPS) is 11.3. The quantitative estimate of drug-likeness (QED) is 0.258. The predicted octanol–water partition coefficient (Wildman–Crippen LogP) is 3.91. The summed E-state index contributed by atoms with van der Waals surface area (Å²) in [6, 6.07) is 15.4. The molecule has 4 aromatic rings. The molecule has 10 heteroatoms. The largest absolute Gasteiger partial charge is 0.461 e. The van der Waals surface area contributed by atoms with Gasteiger partial charge in [-0.2, -0.15) is 0 Å². The van der Waals surface area contributed by atoms with Crippen LogP contribution in [0.5, 0.6) is 0 Å². The summed E-state index contributed by atoms with van der Waals surface area (Å²) in [4.78, 5) is 22.6. The number of rotatable bonds is 6. The fourth-order valence-electron chi connectivity index (χ4n) is 2.84. The molecule has 2 aromatic carbocycles. The summed E-state index contributed by atoms with van der Waals surface area (Å²) in [5.41, 5.74) is -0.416. The van der Waals surface area contributed by atoms with Gasteiger partial charge in [0.1, 0.15) is 0 Å². The number of hydrogen-bond donors (Lipinski definition) is 0. The highest BCUT2D eigenvalue weighted by Crippen LogP contribution is 2.35. The van der Waals surface area contributed by atoms with Crippen molar-refractivity contribution in [3.63, 3.8) is 0 Å². The van der Waals surface area contributed by atoms with Crippen LogP contribution in [0.3, 0.4) is 0 Å². The number of furan rings is 1. The molecule has 0 aliphatic carbocycles. The summed E-state index contributed by atoms with van der Waals surface area (Å²) >= 11 is 0. The summed E-state index contributed by atoms with van der Waals surface area (Å²) < 4.78 is 37.1. The zero-order valence-corrected chi connectivity index (χ0v) is 15.9. The van der Waals surface area contributed by atoms with Crippen molar-refractivity contribution in [1.29, 1.82) is 0 Å². The molecule has 0 amide bonds. The van der Waals surface area contributed by atoms with Crippen LogP contribution in [0.2, 0.25) is 0 Å². The lowest BCUT2D eigenvalue weighted by molar-refractivity contribution is -0.384. The van der Waals surface area contributed by atoms with Gasteiger partial charge >= 0.3 is 0 Å². The van der Waals surface area contributed by atoms with Crippen LogP contribution in [0.15, 0.2) is 91.7 Å². The summed E-state index contributed by atoms with van der Waals surface area (Å²) in [7, 11) is -4.22. The van der Waals surface area contributed by atoms with E-state index < -0.39 is 31.1 Å². The molecule has 0 saturated heterocycles. The van der Waals surface area contributed by atoms with Gasteiger partial charge in [-0.25, -0.2) is 8.42 Å². The number of aromatic nitrogens is 1. The highest BCUT2D eigenvalue weighted by molar-refractivity contribution is 7.91. The van der Waals surface area contributed by atoms with E-state index in [1.165, 1.54) is 54.8 Å². The number of carbonyl (C=O) groups excluding carboxylic acids is 1. The van der Waals surface area contributed by atoms with Crippen molar-refractivity contribution in [3.05, 3.63) is 94.6 Å². The molecule has 2 heterocycles. The lowest BCUT2D eigenvalue weighted by atomic mass is 10.1. The molecule has 0 saturated carbocycles. The first-order chi connectivity index (χ1) is 14.4. The zero-order valence-electron chi connectivity index (χ0n) is 15.1. The summed E-state index contributed by atoms with van der Waals surface area (Å²) in [6.45, 7) is 0. The second-order valence-electron chi connectivity index (χ2n) is 6.12. The molecule has 0 radical (unpaired) electrons. The molecule has 0 aliphatic heterocycles. The highest BCUT2D eigenvalue weighted by Gasteiger charge is 2.35. The monoisotopic (exact) mass is 424 g/mol. The van der Waals surface area contributed by atoms with Gasteiger partial charge in [-0.15, -0.1) is 0 Å². The van der Waals surface area contributed by atoms with Crippen molar-refractivity contribution < 1.29 is 27.1 Å². The average Bonchev–Trinajstić information content (AvgIpc) is 3.44. The van der Waals surface area contributed by atoms with Crippen LogP contribution in [-0.2, 0) is 9.84 Å². The molecule has 9 nitrogen and oxygen atoms in total. The number of carbonyl (C=O) groups is 1. The van der Waals surface area contributed by atoms with Gasteiger partial charge in [0.2, 0.25) is 9.84 Å². The van der Waals surface area contributed by atoms with Crippen molar-refractivity contribution in [2.45, 2.75) is 9.79 Å². The number of sulfone groups is 1. The van der Waals surface area contributed by atoms with E-state index in [0.29, 0.717) is 0 Å². The Hall–Kier alpha value is -4.05. The molecule has 0 atom stereocenters. The minimum Gasteiger partial charge on any atom is -0.461 e. The van der Waals surface area contributed by atoms with E-state index in [1.54, 1.807) is 18.2 Å². The van der Waals surface area contributed by atoms with Crippen LogP contribution in [0.4, 0.5) is 5.69 Å². The van der Waals surface area contributed by atoms with Gasteiger partial charge < -0.3 is 8.94 Å². The maximum atomic E-state index is 13.4. The lowest BCUT2D eigenvalue weighted by Crippen LogP contribution is -2.10. The summed E-state index contributed by atoms with van der Waals surface area (Å²) in [6.07, 6.45) is 1.27. The minimum atomic E-state index is -4.22. The van der Waals surface area contributed by atoms with Gasteiger partial charge in [-0.3, -0.25) is 14.9 Å². The maximum absolute atomic E-state index is 13.4. The van der Waals surface area contributed by atoms with Crippen molar-refractivity contribution in [2.75, 3.05) is 0 Å². The first kappa shape index (κ1) is 19.3. The third-order valence-corrected chi connectivity index (χ3v) is 6.08. The average molecular weight is 424 g/mol. The SMILES string of the molecule is O=C(c1ccco1)c1noc(-c2ccc([N+](=O)[O-])cc2)c1S(=O)(=O)c1ccccc1. The third kappa shape index (κ3) is 3.29. The third-order valence-electron chi connectivity index (χ3n) is 4.27. The number of non-ortho nitro benzene ring substituents is 1. The van der Waals surface area contributed by atoms with E-state index in [9.17, 15) is 23.3 Å². The number of nitrogens with zero attached hydrogens (tertiary/aromatic N) is 2. The molecular formula is C20H12N2O7S. The standard InChI is InChI=1S/C20H12N2O7S/c23-18(16-7-4-12-28-16)17-20(30(26,27)15-5-2-1-3-6-15)19(29-21-17)13-8-10-14(11-9-13)22(24)25/h1-12H. The van der Waals surface area contributed by atoms with Crippen molar-refractivity contribution >= 4 is 21.3 Å². The molecule has 0 fully saturated rings. The van der Waals surface area contributed by atoms with E-state index in [2.05, 4.69) is 5.16 Å². The molecule has 150 valence electrons. The van der Waals surface area contributed by atoms with Gasteiger partial charge in [0.25, 0.3) is 11.5 Å². The maximum Gasteiger partial charge on any atom is 0.269 e. The fraction of sp³-hybridized carbons (Fsp3) is 0. The molecule has 0 spiro atoms. The number of benzene rings is 2. The summed E-state index contributed by atoms with van der Waals surface area (Å²) in [5.74, 6) is -1.09. The first-order valence-corrected chi connectivity index (χ1v) is 10.0.